The molecule has 0 spiro atoms. The Bertz CT molecular complexity index is 634. The van der Waals surface area contributed by atoms with Gasteiger partial charge in [0.2, 0.25) is 0 Å². The lowest BCUT2D eigenvalue weighted by atomic mass is 9.72. The summed E-state index contributed by atoms with van der Waals surface area (Å²) in [6.07, 6.45) is 31.5. The van der Waals surface area contributed by atoms with Gasteiger partial charge >= 0.3 is 0 Å². The predicted octanol–water partition coefficient (Wildman–Crippen LogP) is 20.6. The van der Waals surface area contributed by atoms with Gasteiger partial charge in [0.05, 0.1) is 0 Å². The molecule has 0 aromatic carbocycles. The van der Waals surface area contributed by atoms with E-state index >= 15 is 0 Å². The second-order valence-corrected chi connectivity index (χ2v) is 12.6. The van der Waals surface area contributed by atoms with Crippen LogP contribution in [0.3, 0.4) is 0 Å². The lowest BCUT2D eigenvalue weighted by molar-refractivity contribution is 0.183. The molecule has 0 radical (unpaired) electrons. The van der Waals surface area contributed by atoms with Crippen molar-refractivity contribution in [1.29, 1.82) is 0 Å². The third-order valence-corrected chi connectivity index (χ3v) is 7.87. The van der Waals surface area contributed by atoms with Gasteiger partial charge in [-0.3, -0.25) is 0 Å². The van der Waals surface area contributed by atoms with Crippen molar-refractivity contribution >= 4 is 0 Å². The number of rotatable bonds is 9. The fourth-order valence-corrected chi connectivity index (χ4v) is 4.48. The maximum atomic E-state index is 3.82. The van der Waals surface area contributed by atoms with Crippen LogP contribution in [-0.4, -0.2) is 0 Å². The van der Waals surface area contributed by atoms with Crippen LogP contribution in [0.5, 0.6) is 0 Å². The third-order valence-electron chi connectivity index (χ3n) is 7.87. The van der Waals surface area contributed by atoms with Gasteiger partial charge in [-0.15, -0.1) is 13.2 Å². The van der Waals surface area contributed by atoms with Crippen molar-refractivity contribution in [3.05, 3.63) is 72.9 Å². The zero-order valence-corrected chi connectivity index (χ0v) is 41.3. The van der Waals surface area contributed by atoms with Crippen molar-refractivity contribution in [3.63, 3.8) is 0 Å². The lowest BCUT2D eigenvalue weighted by Gasteiger charge is -2.33. The highest BCUT2D eigenvalue weighted by atomic mass is 14.3. The maximum absolute atomic E-state index is 3.82. The van der Waals surface area contributed by atoms with E-state index in [0.717, 1.165) is 55.8 Å². The van der Waals surface area contributed by atoms with Gasteiger partial charge < -0.3 is 0 Å². The van der Waals surface area contributed by atoms with Crippen LogP contribution >= 0.6 is 0 Å². The predicted molar refractivity (Wildman–Crippen MR) is 258 cm³/mol. The molecule has 2 rings (SSSR count). The van der Waals surface area contributed by atoms with Crippen LogP contribution in [0, 0.1) is 23.7 Å². The number of allylic oxidation sites excluding steroid dienone is 9. The van der Waals surface area contributed by atoms with E-state index in [2.05, 4.69) is 146 Å². The summed E-state index contributed by atoms with van der Waals surface area (Å²) in [5.74, 6) is 4.23. The first-order chi connectivity index (χ1) is 25.0. The standard InChI is InChI=1S/C10H18.2C8H16.C8H14.C5H10.C3H8.4C2H6.C2H4/c1-5-7-10(4)8-9(3)6-2;1-7-3-5-8(2)6-4-7;1-3-7-5-8(4-2)6-7;1-4-6-7-8(3)5-2;1-3-5-4-2;1-3-2;5*1-2/h7-8H,5-6H2,1-4H3;2*7-8H,3-6H2,1-2H3;6-7H,3-5H2,1-2H3;3,5H,4H2,1-2H3;3H2,1-2H3;4*1-2H3;1-2H2/b9-8-,10-7-;;;7-6-;;;;;;;. The van der Waals surface area contributed by atoms with Gasteiger partial charge in [0.15, 0.2) is 0 Å². The first-order valence-corrected chi connectivity index (χ1v) is 22.8. The molecule has 0 N–H and O–H groups in total. The molecular formula is C52H110. The van der Waals surface area contributed by atoms with Gasteiger partial charge in [-0.1, -0.05) is 236 Å². The van der Waals surface area contributed by atoms with Crippen molar-refractivity contribution in [1.82, 2.24) is 0 Å². The largest absolute Gasteiger partial charge is 0.106 e. The van der Waals surface area contributed by atoms with Crippen LogP contribution in [0.25, 0.3) is 0 Å². The Morgan fingerprint density at radius 1 is 0.577 bits per heavy atom. The quantitative estimate of drug-likeness (QED) is 0.163. The molecule has 0 bridgehead atoms. The Balaban J connectivity index is -0.0000000592. The Hall–Kier alpha value is -1.56. The molecule has 0 heteroatoms. The van der Waals surface area contributed by atoms with Crippen LogP contribution in [0.1, 0.15) is 242 Å². The highest BCUT2D eigenvalue weighted by Crippen LogP contribution is 2.37. The summed E-state index contributed by atoms with van der Waals surface area (Å²) >= 11 is 0. The molecule has 0 aliphatic heterocycles. The Morgan fingerprint density at radius 3 is 1.13 bits per heavy atom. The van der Waals surface area contributed by atoms with Crippen molar-refractivity contribution in [2.45, 2.75) is 242 Å². The Labute approximate surface area is 337 Å². The minimum Gasteiger partial charge on any atom is -0.106 e. The molecule has 0 aromatic rings. The normalized spacial score (nSPS) is 17.9. The molecule has 318 valence electrons. The van der Waals surface area contributed by atoms with Crippen molar-refractivity contribution in [3.8, 4) is 0 Å². The summed E-state index contributed by atoms with van der Waals surface area (Å²) < 4.78 is 0. The lowest BCUT2D eigenvalue weighted by Crippen LogP contribution is -2.21. The molecular weight excluding hydrogens is 625 g/mol. The summed E-state index contributed by atoms with van der Waals surface area (Å²) in [4.78, 5) is 0. The van der Waals surface area contributed by atoms with E-state index in [0.29, 0.717) is 0 Å². The SMILES string of the molecule is C=C.C=C(/C=C\CC)CC.CC.CC.CC.CC.CC/C=C(C)\C=C(\C)CC.CC1CCC(C)CC1.CC=CCC.CCC.CCC1CC(CC)C1. The summed E-state index contributed by atoms with van der Waals surface area (Å²) in [5.41, 5.74) is 4.07. The fraction of sp³-hybridized carbons (Fsp3) is 0.769. The zero-order valence-electron chi connectivity index (χ0n) is 41.3. The van der Waals surface area contributed by atoms with E-state index in [-0.39, 0.29) is 0 Å². The fourth-order valence-electron chi connectivity index (χ4n) is 4.48. The van der Waals surface area contributed by atoms with E-state index in [1.807, 2.05) is 62.3 Å². The monoisotopic (exact) mass is 735 g/mol. The smallest absolute Gasteiger partial charge is 0.0313 e. The number of hydrogen-bond donors (Lipinski definition) is 0. The molecule has 0 heterocycles. The Morgan fingerprint density at radius 2 is 0.923 bits per heavy atom. The average Bonchev–Trinajstić information content (AvgIpc) is 3.17. The topological polar surface area (TPSA) is 0 Å². The molecule has 0 atom stereocenters. The van der Waals surface area contributed by atoms with Crippen LogP contribution in [0.2, 0.25) is 0 Å². The molecule has 2 fully saturated rings. The molecule has 52 heavy (non-hydrogen) atoms. The first kappa shape index (κ1) is 71.8. The van der Waals surface area contributed by atoms with Crippen LogP contribution in [0.4, 0.5) is 0 Å². The summed E-state index contributed by atoms with van der Waals surface area (Å²) in [6.45, 7) is 56.5. The number of hydrogen-bond acceptors (Lipinski definition) is 0. The van der Waals surface area contributed by atoms with Gasteiger partial charge in [0.1, 0.15) is 0 Å². The second kappa shape index (κ2) is 74.6. The third kappa shape index (κ3) is 77.8. The molecule has 0 aromatic heterocycles. The van der Waals surface area contributed by atoms with Crippen molar-refractivity contribution in [2.75, 3.05) is 0 Å². The van der Waals surface area contributed by atoms with Crippen LogP contribution in [0.15, 0.2) is 72.9 Å². The van der Waals surface area contributed by atoms with Gasteiger partial charge in [0.25, 0.3) is 0 Å². The Kier molecular flexibility index (Phi) is 103. The molecule has 2 aliphatic carbocycles. The highest BCUT2D eigenvalue weighted by molar-refractivity contribution is 5.20. The average molecular weight is 735 g/mol. The van der Waals surface area contributed by atoms with Gasteiger partial charge in [-0.25, -0.2) is 0 Å². The molecule has 0 saturated heterocycles. The van der Waals surface area contributed by atoms with E-state index in [1.165, 1.54) is 74.5 Å². The van der Waals surface area contributed by atoms with E-state index in [1.54, 1.807) is 0 Å². The molecule has 0 unspecified atom stereocenters. The summed E-state index contributed by atoms with van der Waals surface area (Å²) in [5, 5.41) is 0. The van der Waals surface area contributed by atoms with E-state index in [4.69, 9.17) is 0 Å². The molecule has 2 aliphatic rings. The van der Waals surface area contributed by atoms with E-state index in [9.17, 15) is 0 Å². The zero-order chi connectivity index (χ0) is 43.2. The van der Waals surface area contributed by atoms with Gasteiger partial charge in [0, 0.05) is 0 Å². The van der Waals surface area contributed by atoms with Crippen molar-refractivity contribution in [2.24, 2.45) is 23.7 Å². The molecule has 0 amide bonds. The summed E-state index contributed by atoms with van der Waals surface area (Å²) in [7, 11) is 0. The van der Waals surface area contributed by atoms with E-state index < -0.39 is 0 Å². The van der Waals surface area contributed by atoms with Crippen LogP contribution < -0.4 is 0 Å². The minimum atomic E-state index is 1.02. The van der Waals surface area contributed by atoms with Crippen LogP contribution in [-0.2, 0) is 0 Å². The second-order valence-electron chi connectivity index (χ2n) is 12.6. The van der Waals surface area contributed by atoms with Gasteiger partial charge in [-0.2, -0.15) is 0 Å². The summed E-state index contributed by atoms with van der Waals surface area (Å²) in [6, 6.07) is 0. The first-order valence-electron chi connectivity index (χ1n) is 22.8. The minimum absolute atomic E-state index is 1.02. The van der Waals surface area contributed by atoms with Gasteiger partial charge in [-0.05, 0) is 89.4 Å². The van der Waals surface area contributed by atoms with Crippen molar-refractivity contribution < 1.29 is 0 Å². The maximum Gasteiger partial charge on any atom is -0.0313 e. The molecule has 0 nitrogen and oxygen atoms in total. The molecule has 2 saturated carbocycles. The highest BCUT2D eigenvalue weighted by Gasteiger charge is 2.25.